The number of nitrogens with one attached hydrogen (secondary N) is 2. The largest absolute Gasteiger partial charge is 0.349 e. The molecular weight excluding hydrogens is 444 g/mol. The van der Waals surface area contributed by atoms with Crippen molar-refractivity contribution in [2.75, 3.05) is 0 Å². The molecule has 0 radical (unpaired) electrons. The molecule has 10 heteroatoms. The first-order valence-corrected chi connectivity index (χ1v) is 9.54. The van der Waals surface area contributed by atoms with Crippen molar-refractivity contribution in [1.29, 1.82) is 0 Å². The number of carbonyl (C=O) groups is 4. The van der Waals surface area contributed by atoms with E-state index in [4.69, 9.17) is 19.9 Å². The molecule has 32 heavy (non-hydrogen) atoms. The van der Waals surface area contributed by atoms with E-state index < -0.39 is 67.0 Å². The van der Waals surface area contributed by atoms with E-state index in [9.17, 15) is 28.0 Å². The van der Waals surface area contributed by atoms with Crippen LogP contribution in [-0.2, 0) is 33.4 Å². The SMILES string of the molecule is [2H]C(c1ccc2c(c1)CN([C@@]1([2H])C(=O)NC(=O)C([2H])([2H])C1[2H])C2=O)N([2H])C(=O)C(F)(F)c1ccc(Cl)cc1. The normalized spacial score (nSPS) is 28.3. The van der Waals surface area contributed by atoms with Crippen molar-refractivity contribution >= 4 is 35.2 Å². The fourth-order valence-electron chi connectivity index (χ4n) is 3.22. The molecule has 0 saturated carbocycles. The number of nitrogens with zero attached hydrogens (tertiary/aromatic N) is 1. The van der Waals surface area contributed by atoms with Crippen LogP contribution in [0.3, 0.4) is 0 Å². The second-order valence-corrected chi connectivity index (χ2v) is 7.35. The second-order valence-electron chi connectivity index (χ2n) is 6.91. The highest BCUT2D eigenvalue weighted by Crippen LogP contribution is 2.30. The lowest BCUT2D eigenvalue weighted by atomic mass is 10.0. The lowest BCUT2D eigenvalue weighted by Gasteiger charge is -2.29. The van der Waals surface area contributed by atoms with Crippen molar-refractivity contribution in [2.45, 2.75) is 37.8 Å². The van der Waals surface area contributed by atoms with Gasteiger partial charge in [-0.2, -0.15) is 8.78 Å². The van der Waals surface area contributed by atoms with Crippen molar-refractivity contribution in [3.05, 3.63) is 69.7 Å². The monoisotopic (exact) mass is 467 g/mol. The molecule has 2 heterocycles. The predicted molar refractivity (Wildman–Crippen MR) is 110 cm³/mol. The van der Waals surface area contributed by atoms with Gasteiger partial charge in [-0.1, -0.05) is 35.9 Å². The highest BCUT2D eigenvalue weighted by molar-refractivity contribution is 6.30. The number of carbonyl (C=O) groups excluding carboxylic acids is 4. The molecule has 0 bridgehead atoms. The Balaban J connectivity index is 1.60. The van der Waals surface area contributed by atoms with Gasteiger partial charge in [-0.05, 0) is 35.7 Å². The number of amides is 4. The zero-order chi connectivity index (χ0) is 28.4. The first kappa shape index (κ1) is 15.5. The Morgan fingerprint density at radius 1 is 1.31 bits per heavy atom. The summed E-state index contributed by atoms with van der Waals surface area (Å²) < 4.78 is 77.7. The highest BCUT2D eigenvalue weighted by Gasteiger charge is 2.41. The summed E-state index contributed by atoms with van der Waals surface area (Å²) in [6.45, 7) is -2.48. The van der Waals surface area contributed by atoms with Gasteiger partial charge in [0.15, 0.2) is 1.41 Å². The van der Waals surface area contributed by atoms with Crippen LogP contribution in [0.2, 0.25) is 6.43 Å². The summed E-state index contributed by atoms with van der Waals surface area (Å²) in [5, 5.41) is 1.59. The third-order valence-electron chi connectivity index (χ3n) is 4.83. The van der Waals surface area contributed by atoms with Gasteiger partial charge in [0.25, 0.3) is 11.8 Å². The zero-order valence-corrected chi connectivity index (χ0v) is 16.8. The van der Waals surface area contributed by atoms with Crippen molar-refractivity contribution in [3.8, 4) is 0 Å². The van der Waals surface area contributed by atoms with Crippen molar-refractivity contribution in [3.63, 3.8) is 0 Å². The van der Waals surface area contributed by atoms with E-state index in [1.54, 1.807) is 5.32 Å². The minimum Gasteiger partial charge on any atom is -0.346 e. The Morgan fingerprint density at radius 2 is 2.03 bits per heavy atom. The third kappa shape index (κ3) is 4.08. The molecule has 1 saturated heterocycles. The van der Waals surface area contributed by atoms with Crippen molar-refractivity contribution < 1.29 is 36.2 Å². The summed E-state index contributed by atoms with van der Waals surface area (Å²) in [6, 6.07) is 4.71. The number of imide groups is 1. The molecule has 2 N–H and O–H groups in total. The lowest BCUT2D eigenvalue weighted by Crippen LogP contribution is -2.52. The standard InChI is InChI=1S/C22H18ClF2N3O4/c23-15-4-2-14(3-5-15)22(24,25)21(32)26-10-12-1-6-16-13(9-12)11-28(20(16)31)17-7-8-18(29)27-19(17)30/h1-6,9,17H,7-8,10-11H2,(H,26,32)(H,27,29,30)/t17-/m1/s1/i7D,8D2,10D,17D/hD/t7?,10?,17-. The Hall–Kier alpha value is -3.33. The summed E-state index contributed by atoms with van der Waals surface area (Å²) in [7, 11) is 0. The quantitative estimate of drug-likeness (QED) is 0.660. The average molecular weight is 468 g/mol. The fraction of sp³-hybridized carbons (Fsp3) is 0.273. The Morgan fingerprint density at radius 3 is 2.75 bits per heavy atom. The van der Waals surface area contributed by atoms with Gasteiger partial charge in [-0.15, -0.1) is 0 Å². The van der Waals surface area contributed by atoms with E-state index in [0.717, 1.165) is 42.5 Å². The molecule has 3 atom stereocenters. The van der Waals surface area contributed by atoms with E-state index in [1.165, 1.54) is 0 Å². The van der Waals surface area contributed by atoms with Gasteiger partial charge in [0.05, 0.1) is 2.74 Å². The number of benzene rings is 2. The highest BCUT2D eigenvalue weighted by atomic mass is 35.5. The number of rotatable bonds is 5. The number of hydrogen-bond acceptors (Lipinski definition) is 4. The van der Waals surface area contributed by atoms with Gasteiger partial charge in [0, 0.05) is 39.7 Å². The smallest absolute Gasteiger partial charge is 0.346 e. The molecule has 7 nitrogen and oxygen atoms in total. The van der Waals surface area contributed by atoms with Crippen LogP contribution in [0, 0.1) is 0 Å². The molecule has 2 aromatic carbocycles. The van der Waals surface area contributed by atoms with E-state index in [2.05, 4.69) is 0 Å². The van der Waals surface area contributed by atoms with Crippen molar-refractivity contribution in [2.24, 2.45) is 0 Å². The van der Waals surface area contributed by atoms with E-state index in [-0.39, 0.29) is 27.0 Å². The lowest BCUT2D eigenvalue weighted by molar-refractivity contribution is -0.147. The zero-order valence-electron chi connectivity index (χ0n) is 22.1. The number of piperidine rings is 1. The van der Waals surface area contributed by atoms with Crippen LogP contribution >= 0.6 is 11.6 Å². The first-order chi connectivity index (χ1) is 17.5. The maximum Gasteiger partial charge on any atom is 0.349 e. The summed E-state index contributed by atoms with van der Waals surface area (Å²) in [5.74, 6) is -9.87. The Labute approximate surface area is 195 Å². The van der Waals surface area contributed by atoms with Crippen LogP contribution < -0.4 is 10.6 Å². The van der Waals surface area contributed by atoms with Gasteiger partial charge in [0.1, 0.15) is 6.02 Å². The maximum atomic E-state index is 14.7. The molecular formula is C22H18ClF2N3O4. The van der Waals surface area contributed by atoms with Crippen LogP contribution in [0.1, 0.15) is 46.7 Å². The summed E-state index contributed by atoms with van der Waals surface area (Å²) in [6.07, 6.45) is -5.27. The number of hydrogen-bond donors (Lipinski definition) is 2. The Bertz CT molecular complexity index is 1370. The third-order valence-corrected chi connectivity index (χ3v) is 5.08. The average Bonchev–Trinajstić information content (AvgIpc) is 3.21. The molecule has 1 fully saturated rings. The van der Waals surface area contributed by atoms with E-state index in [1.807, 2.05) is 0 Å². The topological polar surface area (TPSA) is 95.6 Å². The van der Waals surface area contributed by atoms with Gasteiger partial charge < -0.3 is 10.2 Å². The van der Waals surface area contributed by atoms with Crippen LogP contribution in [0.15, 0.2) is 42.5 Å². The van der Waals surface area contributed by atoms with Gasteiger partial charge in [-0.25, -0.2) is 0 Å². The second kappa shape index (κ2) is 8.31. The maximum absolute atomic E-state index is 14.7. The van der Waals surface area contributed by atoms with Crippen LogP contribution in [-0.4, -0.2) is 34.5 Å². The molecule has 0 spiro atoms. The molecule has 0 aromatic heterocycles. The van der Waals surface area contributed by atoms with Gasteiger partial charge >= 0.3 is 5.92 Å². The first-order valence-electron chi connectivity index (χ1n) is 12.3. The molecule has 4 rings (SSSR count). The van der Waals surface area contributed by atoms with E-state index in [0.29, 0.717) is 4.90 Å². The molecule has 166 valence electrons. The number of alkyl halides is 2. The van der Waals surface area contributed by atoms with E-state index >= 15 is 0 Å². The molecule has 2 unspecified atom stereocenters. The summed E-state index contributed by atoms with van der Waals surface area (Å²) in [5.41, 5.74) is -0.881. The summed E-state index contributed by atoms with van der Waals surface area (Å²) >= 11 is 5.68. The number of halogens is 3. The van der Waals surface area contributed by atoms with Crippen molar-refractivity contribution in [1.82, 2.24) is 15.5 Å². The molecule has 0 aliphatic carbocycles. The Kier molecular flexibility index (Phi) is 4.02. The minimum atomic E-state index is -4.15. The van der Waals surface area contributed by atoms with Gasteiger partial charge in [-0.3, -0.25) is 24.5 Å². The number of fused-ring (bicyclic) bond motifs is 1. The molecule has 4 amide bonds. The van der Waals surface area contributed by atoms with Crippen LogP contribution in [0.25, 0.3) is 0 Å². The minimum absolute atomic E-state index is 0.0825. The molecule has 2 aromatic rings. The predicted octanol–water partition coefficient (Wildman–Crippen LogP) is 2.51. The summed E-state index contributed by atoms with van der Waals surface area (Å²) in [4.78, 5) is 50.3. The molecule has 2 aliphatic heterocycles. The van der Waals surface area contributed by atoms with Crippen LogP contribution in [0.4, 0.5) is 8.78 Å². The van der Waals surface area contributed by atoms with Crippen LogP contribution in [0.5, 0.6) is 0 Å². The fourth-order valence-corrected chi connectivity index (χ4v) is 3.34. The molecule has 2 aliphatic rings. The van der Waals surface area contributed by atoms with Gasteiger partial charge in [0.2, 0.25) is 11.8 Å².